The lowest BCUT2D eigenvalue weighted by Gasteiger charge is -2.33. The summed E-state index contributed by atoms with van der Waals surface area (Å²) in [5.74, 6) is 0.862. The van der Waals surface area contributed by atoms with Crippen LogP contribution in [0.15, 0.2) is 0 Å². The van der Waals surface area contributed by atoms with Crippen molar-refractivity contribution in [2.24, 2.45) is 17.6 Å². The van der Waals surface area contributed by atoms with Gasteiger partial charge in [0.2, 0.25) is 5.91 Å². The van der Waals surface area contributed by atoms with Crippen LogP contribution in [0.5, 0.6) is 0 Å². The van der Waals surface area contributed by atoms with Crippen molar-refractivity contribution in [1.82, 2.24) is 9.80 Å². The van der Waals surface area contributed by atoms with Crippen LogP contribution in [0.2, 0.25) is 0 Å². The summed E-state index contributed by atoms with van der Waals surface area (Å²) in [6.45, 7) is 2.37. The number of rotatable bonds is 5. The molecule has 2 unspecified atom stereocenters. The number of carbonyl (C=O) groups is 1. The molecule has 0 radical (unpaired) electrons. The molecule has 1 amide bonds. The molecule has 0 spiro atoms. The summed E-state index contributed by atoms with van der Waals surface area (Å²) in [5.41, 5.74) is 5.77. The molecule has 1 aliphatic rings. The van der Waals surface area contributed by atoms with Gasteiger partial charge in [-0.1, -0.05) is 12.8 Å². The van der Waals surface area contributed by atoms with Gasteiger partial charge in [-0.05, 0) is 39.4 Å². The first-order chi connectivity index (χ1) is 8.06. The smallest absolute Gasteiger partial charge is 0.225 e. The molecule has 0 heterocycles. The molecule has 0 aromatic rings. The highest BCUT2D eigenvalue weighted by molar-refractivity contribution is 5.79. The van der Waals surface area contributed by atoms with E-state index in [1.807, 2.05) is 26.0 Å². The molecule has 1 aliphatic carbocycles. The van der Waals surface area contributed by atoms with Crippen LogP contribution in [-0.4, -0.2) is 56.5 Å². The largest absolute Gasteiger partial charge is 0.344 e. The lowest BCUT2D eigenvalue weighted by atomic mass is 9.78. The Bertz CT molecular complexity index is 243. The molecule has 1 fully saturated rings. The molecule has 100 valence electrons. The predicted octanol–water partition coefficient (Wildman–Crippen LogP) is 0.772. The highest BCUT2D eigenvalue weighted by Crippen LogP contribution is 2.30. The van der Waals surface area contributed by atoms with Crippen LogP contribution in [0.1, 0.15) is 25.7 Å². The first kappa shape index (κ1) is 14.5. The Balaban J connectivity index is 2.48. The highest BCUT2D eigenvalue weighted by atomic mass is 16.2. The molecular formula is C13H27N3O. The topological polar surface area (TPSA) is 49.6 Å². The summed E-state index contributed by atoms with van der Waals surface area (Å²) in [7, 11) is 5.97. The van der Waals surface area contributed by atoms with Gasteiger partial charge >= 0.3 is 0 Å². The number of nitrogens with two attached hydrogens (primary N) is 1. The van der Waals surface area contributed by atoms with Crippen LogP contribution in [0.25, 0.3) is 0 Å². The molecule has 2 N–H and O–H groups in total. The van der Waals surface area contributed by atoms with Crippen molar-refractivity contribution < 1.29 is 4.79 Å². The van der Waals surface area contributed by atoms with Crippen LogP contribution in [0.3, 0.4) is 0 Å². The van der Waals surface area contributed by atoms with Gasteiger partial charge in [0, 0.05) is 26.1 Å². The Morgan fingerprint density at radius 3 is 2.41 bits per heavy atom. The van der Waals surface area contributed by atoms with Crippen LogP contribution in [0.4, 0.5) is 0 Å². The van der Waals surface area contributed by atoms with Gasteiger partial charge in [-0.25, -0.2) is 0 Å². The molecule has 0 saturated heterocycles. The summed E-state index contributed by atoms with van der Waals surface area (Å²) in [5, 5.41) is 0. The van der Waals surface area contributed by atoms with Gasteiger partial charge in [0.1, 0.15) is 0 Å². The van der Waals surface area contributed by atoms with Crippen LogP contribution < -0.4 is 5.73 Å². The zero-order valence-electron chi connectivity index (χ0n) is 11.5. The van der Waals surface area contributed by atoms with E-state index in [0.717, 1.165) is 25.9 Å². The van der Waals surface area contributed by atoms with Crippen molar-refractivity contribution in [3.8, 4) is 0 Å². The van der Waals surface area contributed by atoms with E-state index in [4.69, 9.17) is 5.73 Å². The minimum atomic E-state index is 0.168. The quantitative estimate of drug-likeness (QED) is 0.773. The molecule has 0 aromatic carbocycles. The monoisotopic (exact) mass is 241 g/mol. The molecule has 2 atom stereocenters. The van der Waals surface area contributed by atoms with Crippen molar-refractivity contribution in [2.45, 2.75) is 25.7 Å². The van der Waals surface area contributed by atoms with Gasteiger partial charge < -0.3 is 15.5 Å². The zero-order chi connectivity index (χ0) is 12.8. The van der Waals surface area contributed by atoms with Gasteiger partial charge in [-0.3, -0.25) is 4.79 Å². The lowest BCUT2D eigenvalue weighted by molar-refractivity contribution is -0.137. The van der Waals surface area contributed by atoms with E-state index in [2.05, 4.69) is 4.90 Å². The third-order valence-electron chi connectivity index (χ3n) is 3.79. The van der Waals surface area contributed by atoms with Crippen LogP contribution >= 0.6 is 0 Å². The Morgan fingerprint density at radius 1 is 1.18 bits per heavy atom. The number of hydrogen-bond acceptors (Lipinski definition) is 3. The molecule has 4 heteroatoms. The summed E-state index contributed by atoms with van der Waals surface area (Å²) in [4.78, 5) is 16.3. The third kappa shape index (κ3) is 4.28. The molecule has 0 aliphatic heterocycles. The van der Waals surface area contributed by atoms with Crippen LogP contribution in [0, 0.1) is 11.8 Å². The average Bonchev–Trinajstić information content (AvgIpc) is 2.34. The second-order valence-corrected chi connectivity index (χ2v) is 5.45. The van der Waals surface area contributed by atoms with E-state index in [0.29, 0.717) is 18.4 Å². The molecule has 1 saturated carbocycles. The first-order valence-electron chi connectivity index (χ1n) is 6.66. The van der Waals surface area contributed by atoms with Gasteiger partial charge in [0.15, 0.2) is 0 Å². The number of carbonyl (C=O) groups excluding carboxylic acids is 1. The molecular weight excluding hydrogens is 214 g/mol. The number of hydrogen-bond donors (Lipinski definition) is 1. The van der Waals surface area contributed by atoms with E-state index < -0.39 is 0 Å². The zero-order valence-corrected chi connectivity index (χ0v) is 11.5. The summed E-state index contributed by atoms with van der Waals surface area (Å²) >= 11 is 0. The maximum Gasteiger partial charge on any atom is 0.225 e. The molecule has 1 rings (SSSR count). The van der Waals surface area contributed by atoms with E-state index in [-0.39, 0.29) is 5.92 Å². The van der Waals surface area contributed by atoms with Gasteiger partial charge in [0.25, 0.3) is 0 Å². The van der Waals surface area contributed by atoms with Gasteiger partial charge in [0.05, 0.1) is 0 Å². The van der Waals surface area contributed by atoms with Crippen molar-refractivity contribution in [3.05, 3.63) is 0 Å². The van der Waals surface area contributed by atoms with Crippen molar-refractivity contribution >= 4 is 5.91 Å². The fourth-order valence-corrected chi connectivity index (χ4v) is 2.56. The molecule has 4 nitrogen and oxygen atoms in total. The second kappa shape index (κ2) is 6.97. The number of likely N-dealkylation sites (N-methyl/N-ethyl adjacent to an activating group) is 2. The summed E-state index contributed by atoms with van der Waals surface area (Å²) in [6.07, 6.45) is 4.54. The van der Waals surface area contributed by atoms with Crippen LogP contribution in [-0.2, 0) is 4.79 Å². The van der Waals surface area contributed by atoms with E-state index >= 15 is 0 Å². The SMILES string of the molecule is CN(C)CCN(C)C(=O)C1CCCCC1CN. The minimum absolute atomic E-state index is 0.168. The second-order valence-electron chi connectivity index (χ2n) is 5.45. The van der Waals surface area contributed by atoms with Crippen molar-refractivity contribution in [2.75, 3.05) is 40.8 Å². The van der Waals surface area contributed by atoms with Crippen molar-refractivity contribution in [3.63, 3.8) is 0 Å². The van der Waals surface area contributed by atoms with E-state index in [9.17, 15) is 4.79 Å². The molecule has 17 heavy (non-hydrogen) atoms. The molecule has 0 aromatic heterocycles. The standard InChI is InChI=1S/C13H27N3O/c1-15(2)8-9-16(3)13(17)12-7-5-4-6-11(12)10-14/h11-12H,4-10,14H2,1-3H3. The van der Waals surface area contributed by atoms with Crippen molar-refractivity contribution in [1.29, 1.82) is 0 Å². The average molecular weight is 241 g/mol. The van der Waals surface area contributed by atoms with Gasteiger partial charge in [-0.15, -0.1) is 0 Å². The summed E-state index contributed by atoms with van der Waals surface area (Å²) in [6, 6.07) is 0. The Hall–Kier alpha value is -0.610. The fourth-order valence-electron chi connectivity index (χ4n) is 2.56. The van der Waals surface area contributed by atoms with Gasteiger partial charge in [-0.2, -0.15) is 0 Å². The Morgan fingerprint density at radius 2 is 1.82 bits per heavy atom. The number of nitrogens with zero attached hydrogens (tertiary/aromatic N) is 2. The highest BCUT2D eigenvalue weighted by Gasteiger charge is 2.31. The third-order valence-corrected chi connectivity index (χ3v) is 3.79. The minimum Gasteiger partial charge on any atom is -0.344 e. The molecule has 0 bridgehead atoms. The first-order valence-corrected chi connectivity index (χ1v) is 6.66. The number of amides is 1. The van der Waals surface area contributed by atoms with E-state index in [1.54, 1.807) is 0 Å². The summed E-state index contributed by atoms with van der Waals surface area (Å²) < 4.78 is 0. The maximum absolute atomic E-state index is 12.3. The Labute approximate surface area is 105 Å². The van der Waals surface area contributed by atoms with E-state index in [1.165, 1.54) is 12.8 Å². The maximum atomic E-state index is 12.3. The Kier molecular flexibility index (Phi) is 5.92. The normalized spacial score (nSPS) is 25.0. The fraction of sp³-hybridized carbons (Fsp3) is 0.923. The lowest BCUT2D eigenvalue weighted by Crippen LogP contribution is -2.42. The predicted molar refractivity (Wildman–Crippen MR) is 70.7 cm³/mol.